The number of esters is 1. The highest BCUT2D eigenvalue weighted by molar-refractivity contribution is 8.00. The summed E-state index contributed by atoms with van der Waals surface area (Å²) < 4.78 is 31.1. The van der Waals surface area contributed by atoms with E-state index in [2.05, 4.69) is 10.1 Å². The molecule has 0 saturated carbocycles. The topological polar surface area (TPSA) is 169 Å². The third-order valence-corrected chi connectivity index (χ3v) is 8.64. The maximum atomic E-state index is 13.6. The minimum Gasteiger partial charge on any atom is -0.462 e. The molecule has 12 nitrogen and oxygen atoms in total. The first-order valence-corrected chi connectivity index (χ1v) is 13.7. The number of aromatic nitrogens is 2. The summed E-state index contributed by atoms with van der Waals surface area (Å²) in [7, 11) is -4.20. The van der Waals surface area contributed by atoms with Gasteiger partial charge in [0.05, 0.1) is 24.1 Å². The number of nitrogens with zero attached hydrogens (tertiary/aromatic N) is 1. The van der Waals surface area contributed by atoms with Crippen LogP contribution < -0.4 is 20.9 Å². The minimum atomic E-state index is -4.20. The van der Waals surface area contributed by atoms with Crippen LogP contribution in [0.15, 0.2) is 52.2 Å². The van der Waals surface area contributed by atoms with E-state index < -0.39 is 59.4 Å². The molecule has 1 fully saturated rings. The Hall–Kier alpha value is -2.41. The summed E-state index contributed by atoms with van der Waals surface area (Å²) >= 11 is 0.999. The number of thioether (sulfide) groups is 1. The van der Waals surface area contributed by atoms with Crippen LogP contribution in [0.25, 0.3) is 0 Å². The van der Waals surface area contributed by atoms with Crippen LogP contribution in [-0.2, 0) is 18.6 Å². The lowest BCUT2D eigenvalue weighted by atomic mass is 9.96. The van der Waals surface area contributed by atoms with Crippen molar-refractivity contribution in [2.45, 2.75) is 62.2 Å². The average molecular weight is 544 g/mol. The van der Waals surface area contributed by atoms with Gasteiger partial charge < -0.3 is 19.5 Å². The van der Waals surface area contributed by atoms with Crippen LogP contribution in [0.4, 0.5) is 0 Å². The van der Waals surface area contributed by atoms with Crippen molar-refractivity contribution in [3.63, 3.8) is 0 Å². The van der Waals surface area contributed by atoms with Crippen LogP contribution in [0.2, 0.25) is 0 Å². The molecule has 6 atom stereocenters. The molecule has 1 saturated heterocycles. The zero-order valence-corrected chi connectivity index (χ0v) is 21.9. The van der Waals surface area contributed by atoms with E-state index in [1.807, 2.05) is 0 Å². The predicted molar refractivity (Wildman–Crippen MR) is 133 cm³/mol. The number of carbonyl (C=O) groups excluding carboxylic acids is 1. The third kappa shape index (κ3) is 6.67. The largest absolute Gasteiger partial charge is 0.462 e. The van der Waals surface area contributed by atoms with Gasteiger partial charge >= 0.3 is 19.4 Å². The number of H-pyrrole nitrogens is 1. The number of rotatable bonds is 10. The van der Waals surface area contributed by atoms with Gasteiger partial charge in [-0.05, 0) is 39.8 Å². The summed E-state index contributed by atoms with van der Waals surface area (Å²) in [5.74, 6) is -0.455. The first kappa shape index (κ1) is 28.2. The van der Waals surface area contributed by atoms with Crippen LogP contribution in [0.5, 0.6) is 5.75 Å². The van der Waals surface area contributed by atoms with E-state index in [1.54, 1.807) is 44.2 Å². The Morgan fingerprint density at radius 1 is 1.25 bits per heavy atom. The Kier molecular flexibility index (Phi) is 8.86. The van der Waals surface area contributed by atoms with Gasteiger partial charge in [0.1, 0.15) is 22.8 Å². The van der Waals surface area contributed by atoms with Gasteiger partial charge in [-0.1, -0.05) is 18.2 Å². The number of aromatic amines is 1. The molecule has 1 aromatic heterocycles. The smallest absolute Gasteiger partial charge is 0.459 e. The second-order valence-electron chi connectivity index (χ2n) is 8.75. The molecule has 0 bridgehead atoms. The van der Waals surface area contributed by atoms with Crippen LogP contribution in [-0.4, -0.2) is 61.4 Å². The zero-order valence-electron chi connectivity index (χ0n) is 20.2. The molecule has 1 aromatic carbocycles. The predicted octanol–water partition coefficient (Wildman–Crippen LogP) is 1.40. The quantitative estimate of drug-likeness (QED) is 0.252. The van der Waals surface area contributed by atoms with Gasteiger partial charge in [0.15, 0.2) is 0 Å². The summed E-state index contributed by atoms with van der Waals surface area (Å²) in [5, 5.41) is 22.5. The van der Waals surface area contributed by atoms with E-state index in [-0.39, 0.29) is 12.4 Å². The van der Waals surface area contributed by atoms with E-state index >= 15 is 0 Å². The Bertz CT molecular complexity index is 1220. The van der Waals surface area contributed by atoms with E-state index in [4.69, 9.17) is 13.8 Å². The van der Waals surface area contributed by atoms with Gasteiger partial charge in [0, 0.05) is 12.3 Å². The Morgan fingerprint density at radius 2 is 1.92 bits per heavy atom. The van der Waals surface area contributed by atoms with Gasteiger partial charge in [0.2, 0.25) is 0 Å². The normalized spacial score (nSPS) is 26.4. The van der Waals surface area contributed by atoms with Crippen LogP contribution in [0.1, 0.15) is 33.1 Å². The van der Waals surface area contributed by atoms with E-state index in [0.29, 0.717) is 0 Å². The molecule has 0 amide bonds. The van der Waals surface area contributed by atoms with Crippen molar-refractivity contribution in [3.8, 4) is 5.75 Å². The molecule has 0 unspecified atom stereocenters. The van der Waals surface area contributed by atoms with Crippen LogP contribution >= 0.6 is 19.5 Å². The first-order chi connectivity index (χ1) is 16.8. The molecule has 36 heavy (non-hydrogen) atoms. The highest BCUT2D eigenvalue weighted by Crippen LogP contribution is 2.51. The standard InChI is InChI=1S/C22H30N3O9PS/c1-13(2)33-19(28)14(3)24-35(31,34-15-8-6-5-7-9-15)32-12-16-18(27)22(4,30)20(36-16)25-11-10-17(26)23-21(25)29/h5-11,13-14,16,18,20,27,30H,12H2,1-4H3,(H,24,31)(H,23,26,29)/t14-,16-,18-,20-,22-,35-/m1/s1. The van der Waals surface area contributed by atoms with E-state index in [0.717, 1.165) is 22.4 Å². The number of hydrogen-bond acceptors (Lipinski definition) is 10. The number of hydrogen-bond donors (Lipinski definition) is 4. The Labute approximate surface area is 211 Å². The van der Waals surface area contributed by atoms with Gasteiger partial charge in [-0.15, -0.1) is 11.8 Å². The van der Waals surface area contributed by atoms with Gasteiger partial charge in [-0.3, -0.25) is 23.7 Å². The van der Waals surface area contributed by atoms with Gasteiger partial charge in [-0.2, -0.15) is 5.09 Å². The highest BCUT2D eigenvalue weighted by Gasteiger charge is 2.53. The molecule has 0 aliphatic carbocycles. The molecule has 0 spiro atoms. The first-order valence-electron chi connectivity index (χ1n) is 11.2. The SMILES string of the molecule is CC(C)OC(=O)[C@@H](C)N[P@@](=O)(OC[C@H]1S[C@@H](n2ccc(=O)[nH]c2=O)[C@](C)(O)[C@@H]1O)Oc1ccccc1. The Morgan fingerprint density at radius 3 is 2.53 bits per heavy atom. The summed E-state index contributed by atoms with van der Waals surface area (Å²) in [6.45, 7) is 5.76. The molecule has 2 aromatic rings. The van der Waals surface area contributed by atoms with Crippen molar-refractivity contribution in [2.75, 3.05) is 6.61 Å². The summed E-state index contributed by atoms with van der Waals surface area (Å²) in [6, 6.07) is 8.24. The number of nitrogens with one attached hydrogen (secondary N) is 2. The summed E-state index contributed by atoms with van der Waals surface area (Å²) in [5.41, 5.74) is -3.16. The molecule has 2 heterocycles. The molecular weight excluding hydrogens is 513 g/mol. The molecule has 198 valence electrons. The number of aliphatic hydroxyl groups is 2. The van der Waals surface area contributed by atoms with E-state index in [9.17, 15) is 29.2 Å². The van der Waals surface area contributed by atoms with Crippen LogP contribution in [0, 0.1) is 0 Å². The molecule has 14 heteroatoms. The lowest BCUT2D eigenvalue weighted by molar-refractivity contribution is -0.149. The van der Waals surface area contributed by atoms with Crippen molar-refractivity contribution in [2.24, 2.45) is 0 Å². The summed E-state index contributed by atoms with van der Waals surface area (Å²) in [6.07, 6.45) is -0.576. The maximum absolute atomic E-state index is 13.6. The fraction of sp³-hybridized carbons (Fsp3) is 0.500. The zero-order chi connectivity index (χ0) is 26.7. The number of carbonyl (C=O) groups is 1. The molecule has 1 aliphatic rings. The van der Waals surface area contributed by atoms with Crippen molar-refractivity contribution in [1.29, 1.82) is 0 Å². The number of benzene rings is 1. The maximum Gasteiger partial charge on any atom is 0.459 e. The van der Waals surface area contributed by atoms with Crippen molar-refractivity contribution in [3.05, 3.63) is 63.4 Å². The lowest BCUT2D eigenvalue weighted by Gasteiger charge is -2.29. The van der Waals surface area contributed by atoms with E-state index in [1.165, 1.54) is 20.0 Å². The highest BCUT2D eigenvalue weighted by atomic mass is 32.2. The lowest BCUT2D eigenvalue weighted by Crippen LogP contribution is -2.46. The fourth-order valence-corrected chi connectivity index (χ4v) is 6.73. The third-order valence-electron chi connectivity index (χ3n) is 5.29. The van der Waals surface area contributed by atoms with Gasteiger partial charge in [-0.25, -0.2) is 9.36 Å². The molecule has 1 aliphatic heterocycles. The van der Waals surface area contributed by atoms with Crippen LogP contribution in [0.3, 0.4) is 0 Å². The monoisotopic (exact) mass is 543 g/mol. The molecule has 4 N–H and O–H groups in total. The van der Waals surface area contributed by atoms with Crippen molar-refractivity contribution in [1.82, 2.24) is 14.6 Å². The number of aliphatic hydroxyl groups excluding tert-OH is 1. The minimum absolute atomic E-state index is 0.210. The second-order valence-corrected chi connectivity index (χ2v) is 11.8. The number of para-hydroxylation sites is 1. The summed E-state index contributed by atoms with van der Waals surface area (Å²) in [4.78, 5) is 38.1. The molecular formula is C22H30N3O9PS. The van der Waals surface area contributed by atoms with Crippen molar-refractivity contribution >= 4 is 25.5 Å². The van der Waals surface area contributed by atoms with Crippen molar-refractivity contribution < 1.29 is 33.4 Å². The molecule has 0 radical (unpaired) electrons. The number of ether oxygens (including phenoxy) is 1. The Balaban J connectivity index is 1.80. The fourth-order valence-electron chi connectivity index (χ4n) is 3.50. The van der Waals surface area contributed by atoms with Gasteiger partial charge in [0.25, 0.3) is 5.56 Å². The average Bonchev–Trinajstić information content (AvgIpc) is 3.01. The molecule has 3 rings (SSSR count). The second kappa shape index (κ2) is 11.3.